The molecule has 2 N–H and O–H groups in total. The van der Waals surface area contributed by atoms with Crippen molar-refractivity contribution in [3.63, 3.8) is 0 Å². The first kappa shape index (κ1) is 12.8. The number of nitrogens with zero attached hydrogens (tertiary/aromatic N) is 2. The quantitative estimate of drug-likeness (QED) is 0.860. The fraction of sp³-hybridized carbons (Fsp3) is 0.769. The summed E-state index contributed by atoms with van der Waals surface area (Å²) in [7, 11) is 0. The fourth-order valence-electron chi connectivity index (χ4n) is 2.75. The summed E-state index contributed by atoms with van der Waals surface area (Å²) in [4.78, 5) is 8.64. The second-order valence-electron chi connectivity index (χ2n) is 5.84. The van der Waals surface area contributed by atoms with Crippen LogP contribution in [-0.4, -0.2) is 28.6 Å². The van der Waals surface area contributed by atoms with Gasteiger partial charge in [0.2, 0.25) is 0 Å². The standard InChI is InChI=1S/C13H21N3S2/c1-13(2)8-16(6-7-17-13)12-15-10-5-3-4-9(14)11(10)18-12/h9H,3-8,14H2,1-2H3. The van der Waals surface area contributed by atoms with E-state index in [9.17, 15) is 0 Å². The molecular weight excluding hydrogens is 262 g/mol. The first-order valence-electron chi connectivity index (χ1n) is 6.69. The van der Waals surface area contributed by atoms with E-state index in [1.54, 1.807) is 0 Å². The molecule has 0 amide bonds. The van der Waals surface area contributed by atoms with Gasteiger partial charge in [0, 0.05) is 34.5 Å². The Hall–Kier alpha value is -0.260. The lowest BCUT2D eigenvalue weighted by atomic mass is 9.99. The van der Waals surface area contributed by atoms with Gasteiger partial charge in [0.05, 0.1) is 5.69 Å². The molecule has 100 valence electrons. The Kier molecular flexibility index (Phi) is 3.32. The van der Waals surface area contributed by atoms with E-state index in [0.29, 0.717) is 4.75 Å². The zero-order valence-electron chi connectivity index (χ0n) is 11.1. The molecule has 5 heteroatoms. The van der Waals surface area contributed by atoms with Crippen LogP contribution in [0.2, 0.25) is 0 Å². The van der Waals surface area contributed by atoms with Gasteiger partial charge in [0.1, 0.15) is 0 Å². The normalized spacial score (nSPS) is 27.1. The molecule has 1 aliphatic heterocycles. The summed E-state index contributed by atoms with van der Waals surface area (Å²) in [5, 5.41) is 1.20. The summed E-state index contributed by atoms with van der Waals surface area (Å²) < 4.78 is 0.340. The van der Waals surface area contributed by atoms with Crippen molar-refractivity contribution in [1.82, 2.24) is 4.98 Å². The van der Waals surface area contributed by atoms with E-state index >= 15 is 0 Å². The number of aromatic nitrogens is 1. The molecule has 1 aromatic heterocycles. The highest BCUT2D eigenvalue weighted by molar-refractivity contribution is 8.00. The van der Waals surface area contributed by atoms with Gasteiger partial charge >= 0.3 is 0 Å². The zero-order valence-corrected chi connectivity index (χ0v) is 12.7. The summed E-state index contributed by atoms with van der Waals surface area (Å²) in [6.07, 6.45) is 3.43. The molecule has 1 unspecified atom stereocenters. The molecule has 3 rings (SSSR count). The van der Waals surface area contributed by atoms with Gasteiger partial charge in [-0.1, -0.05) is 11.3 Å². The van der Waals surface area contributed by atoms with Crippen LogP contribution in [0.15, 0.2) is 0 Å². The van der Waals surface area contributed by atoms with E-state index in [2.05, 4.69) is 30.5 Å². The fourth-order valence-corrected chi connectivity index (χ4v) is 5.04. The van der Waals surface area contributed by atoms with Gasteiger partial charge in [0.25, 0.3) is 0 Å². The van der Waals surface area contributed by atoms with E-state index in [1.165, 1.54) is 27.9 Å². The number of thiazole rings is 1. The largest absolute Gasteiger partial charge is 0.346 e. The minimum Gasteiger partial charge on any atom is -0.346 e. The maximum Gasteiger partial charge on any atom is 0.185 e. The lowest BCUT2D eigenvalue weighted by Gasteiger charge is -2.37. The van der Waals surface area contributed by atoms with Crippen molar-refractivity contribution in [2.45, 2.75) is 43.9 Å². The molecule has 1 saturated heterocycles. The Balaban J connectivity index is 1.84. The predicted octanol–water partition coefficient (Wildman–Crippen LogP) is 2.81. The molecule has 0 aromatic carbocycles. The first-order valence-corrected chi connectivity index (χ1v) is 8.49. The predicted molar refractivity (Wildman–Crippen MR) is 80.7 cm³/mol. The maximum atomic E-state index is 6.19. The van der Waals surface area contributed by atoms with Crippen molar-refractivity contribution < 1.29 is 0 Å². The van der Waals surface area contributed by atoms with Crippen LogP contribution in [0.25, 0.3) is 0 Å². The summed E-state index contributed by atoms with van der Waals surface area (Å²) in [6, 6.07) is 0.229. The molecule has 0 radical (unpaired) electrons. The minimum absolute atomic E-state index is 0.229. The Labute approximate surface area is 117 Å². The SMILES string of the molecule is CC1(C)CN(c2nc3c(s2)C(N)CCC3)CCS1. The Morgan fingerprint density at radius 2 is 2.28 bits per heavy atom. The number of aryl methyl sites for hydroxylation is 1. The molecule has 18 heavy (non-hydrogen) atoms. The third kappa shape index (κ3) is 2.40. The van der Waals surface area contributed by atoms with Gasteiger partial charge in [-0.3, -0.25) is 0 Å². The van der Waals surface area contributed by atoms with Gasteiger partial charge in [-0.2, -0.15) is 11.8 Å². The molecule has 0 spiro atoms. The van der Waals surface area contributed by atoms with Crippen LogP contribution in [0.4, 0.5) is 5.13 Å². The molecule has 3 nitrogen and oxygen atoms in total. The molecule has 2 aliphatic rings. The van der Waals surface area contributed by atoms with Crippen LogP contribution in [-0.2, 0) is 6.42 Å². The third-order valence-corrected chi connectivity index (χ3v) is 6.27. The second kappa shape index (κ2) is 4.69. The van der Waals surface area contributed by atoms with Gasteiger partial charge in [-0.15, -0.1) is 0 Å². The summed E-state index contributed by atoms with van der Waals surface area (Å²) >= 11 is 3.90. The van der Waals surface area contributed by atoms with Crippen LogP contribution in [0.5, 0.6) is 0 Å². The summed E-state index contributed by atoms with van der Waals surface area (Å²) in [5.74, 6) is 1.20. The highest BCUT2D eigenvalue weighted by atomic mass is 32.2. The first-order chi connectivity index (χ1) is 8.55. The Morgan fingerprint density at radius 1 is 1.44 bits per heavy atom. The average Bonchev–Trinajstić information content (AvgIpc) is 2.73. The number of thioether (sulfide) groups is 1. The number of hydrogen-bond acceptors (Lipinski definition) is 5. The van der Waals surface area contributed by atoms with Gasteiger partial charge < -0.3 is 10.6 Å². The number of rotatable bonds is 1. The molecule has 0 saturated carbocycles. The monoisotopic (exact) mass is 283 g/mol. The minimum atomic E-state index is 0.229. The third-order valence-electron chi connectivity index (χ3n) is 3.68. The van der Waals surface area contributed by atoms with Crippen molar-refractivity contribution in [1.29, 1.82) is 0 Å². The van der Waals surface area contributed by atoms with Crippen LogP contribution in [0, 0.1) is 0 Å². The van der Waals surface area contributed by atoms with Crippen molar-refractivity contribution in [2.75, 3.05) is 23.7 Å². The van der Waals surface area contributed by atoms with Crippen LogP contribution in [0.3, 0.4) is 0 Å². The molecule has 2 heterocycles. The van der Waals surface area contributed by atoms with Crippen LogP contribution in [0.1, 0.15) is 43.3 Å². The average molecular weight is 283 g/mol. The van der Waals surface area contributed by atoms with E-state index in [0.717, 1.165) is 25.9 Å². The molecule has 1 aromatic rings. The Morgan fingerprint density at radius 3 is 3.00 bits per heavy atom. The lowest BCUT2D eigenvalue weighted by molar-refractivity contribution is 0.573. The molecule has 1 atom stereocenters. The van der Waals surface area contributed by atoms with Crippen molar-refractivity contribution >= 4 is 28.2 Å². The maximum absolute atomic E-state index is 6.19. The van der Waals surface area contributed by atoms with Gasteiger partial charge in [-0.25, -0.2) is 4.98 Å². The smallest absolute Gasteiger partial charge is 0.185 e. The van der Waals surface area contributed by atoms with E-state index in [1.807, 2.05) is 11.3 Å². The number of anilines is 1. The Bertz CT molecular complexity index is 441. The number of nitrogens with two attached hydrogens (primary N) is 1. The highest BCUT2D eigenvalue weighted by Gasteiger charge is 2.30. The highest BCUT2D eigenvalue weighted by Crippen LogP contribution is 2.39. The van der Waals surface area contributed by atoms with E-state index in [4.69, 9.17) is 10.7 Å². The lowest BCUT2D eigenvalue weighted by Crippen LogP contribution is -2.43. The summed E-state index contributed by atoms with van der Waals surface area (Å²) in [6.45, 7) is 6.86. The molecule has 1 aliphatic carbocycles. The van der Waals surface area contributed by atoms with Gasteiger partial charge in [-0.05, 0) is 33.1 Å². The van der Waals surface area contributed by atoms with Crippen LogP contribution >= 0.6 is 23.1 Å². The van der Waals surface area contributed by atoms with Crippen molar-refractivity contribution in [3.8, 4) is 0 Å². The van der Waals surface area contributed by atoms with Crippen LogP contribution < -0.4 is 10.6 Å². The molecule has 1 fully saturated rings. The summed E-state index contributed by atoms with van der Waals surface area (Å²) in [5.41, 5.74) is 7.46. The number of hydrogen-bond donors (Lipinski definition) is 1. The number of fused-ring (bicyclic) bond motifs is 1. The molecular formula is C13H21N3S2. The van der Waals surface area contributed by atoms with Crippen molar-refractivity contribution in [2.24, 2.45) is 5.73 Å². The van der Waals surface area contributed by atoms with E-state index in [-0.39, 0.29) is 6.04 Å². The topological polar surface area (TPSA) is 42.2 Å². The zero-order chi connectivity index (χ0) is 12.8. The van der Waals surface area contributed by atoms with Gasteiger partial charge in [0.15, 0.2) is 5.13 Å². The van der Waals surface area contributed by atoms with Crippen molar-refractivity contribution in [3.05, 3.63) is 10.6 Å². The molecule has 0 bridgehead atoms. The second-order valence-corrected chi connectivity index (χ2v) is 8.65. The van der Waals surface area contributed by atoms with E-state index < -0.39 is 0 Å².